The van der Waals surface area contributed by atoms with Gasteiger partial charge < -0.3 is 9.84 Å². The van der Waals surface area contributed by atoms with E-state index in [4.69, 9.17) is 4.52 Å². The monoisotopic (exact) mass is 376 g/mol. The fraction of sp³-hybridized carbons (Fsp3) is 0.167. The number of likely N-dealkylation sites (N-methyl/N-ethyl adjacent to an activating group) is 1. The van der Waals surface area contributed by atoms with Gasteiger partial charge >= 0.3 is 0 Å². The minimum absolute atomic E-state index is 0.151. The van der Waals surface area contributed by atoms with Gasteiger partial charge in [0.05, 0.1) is 18.8 Å². The van der Waals surface area contributed by atoms with Crippen molar-refractivity contribution >= 4 is 11.6 Å². The second kappa shape index (κ2) is 8.00. The zero-order valence-corrected chi connectivity index (χ0v) is 14.2. The summed E-state index contributed by atoms with van der Waals surface area (Å²) in [6.45, 7) is 0.0228. The number of amides is 1. The Morgan fingerprint density at radius 2 is 1.85 bits per heavy atom. The largest absolute Gasteiger partial charge is 0.338 e. The Bertz CT molecular complexity index is 947. The minimum Gasteiger partial charge on any atom is -0.338 e. The molecular formula is C18H15F3N4O2. The van der Waals surface area contributed by atoms with Crippen LogP contribution >= 0.6 is 0 Å². The van der Waals surface area contributed by atoms with E-state index in [1.807, 2.05) is 30.3 Å². The summed E-state index contributed by atoms with van der Waals surface area (Å²) in [5.74, 6) is -4.30. The number of hydrogen-bond donors (Lipinski definition) is 1. The van der Waals surface area contributed by atoms with Crippen LogP contribution in [0.2, 0.25) is 0 Å². The SMILES string of the molecule is CN(CC(=O)Nc1ccc(F)c(F)c1F)Cc1nc(-c2ccccc2)no1. The second-order valence-electron chi connectivity index (χ2n) is 5.82. The lowest BCUT2D eigenvalue weighted by Gasteiger charge is -2.14. The third-order valence-corrected chi connectivity index (χ3v) is 3.63. The average Bonchev–Trinajstić information content (AvgIpc) is 3.11. The molecule has 27 heavy (non-hydrogen) atoms. The van der Waals surface area contributed by atoms with Gasteiger partial charge in [-0.25, -0.2) is 13.2 Å². The molecule has 1 amide bonds. The summed E-state index contributed by atoms with van der Waals surface area (Å²) in [7, 11) is 1.62. The lowest BCUT2D eigenvalue weighted by atomic mass is 10.2. The Morgan fingerprint density at radius 1 is 1.11 bits per heavy atom. The Morgan fingerprint density at radius 3 is 2.59 bits per heavy atom. The summed E-state index contributed by atoms with van der Waals surface area (Å²) in [5, 5.41) is 6.07. The lowest BCUT2D eigenvalue weighted by molar-refractivity contribution is -0.117. The van der Waals surface area contributed by atoms with Crippen LogP contribution in [0, 0.1) is 17.5 Å². The molecule has 0 saturated heterocycles. The van der Waals surface area contributed by atoms with Gasteiger partial charge in [0, 0.05) is 5.56 Å². The van der Waals surface area contributed by atoms with Crippen molar-refractivity contribution in [2.45, 2.75) is 6.54 Å². The molecule has 0 spiro atoms. The average molecular weight is 376 g/mol. The van der Waals surface area contributed by atoms with Gasteiger partial charge in [-0.15, -0.1) is 0 Å². The molecular weight excluding hydrogens is 361 g/mol. The normalized spacial score (nSPS) is 11.0. The van der Waals surface area contributed by atoms with Crippen LogP contribution in [-0.4, -0.2) is 34.5 Å². The van der Waals surface area contributed by atoms with E-state index in [-0.39, 0.29) is 13.1 Å². The van der Waals surface area contributed by atoms with Gasteiger partial charge in [0.1, 0.15) is 0 Å². The minimum atomic E-state index is -1.64. The second-order valence-corrected chi connectivity index (χ2v) is 5.82. The molecule has 9 heteroatoms. The van der Waals surface area contributed by atoms with Crippen LogP contribution in [-0.2, 0) is 11.3 Å². The van der Waals surface area contributed by atoms with Crippen LogP contribution in [0.3, 0.4) is 0 Å². The molecule has 140 valence electrons. The summed E-state index contributed by atoms with van der Waals surface area (Å²) in [4.78, 5) is 17.8. The maximum atomic E-state index is 13.6. The standard InChI is InChI=1S/C18H15F3N4O2/c1-25(9-14(26)22-13-8-7-12(19)16(20)17(13)21)10-15-23-18(24-27-15)11-5-3-2-4-6-11/h2-8H,9-10H2,1H3,(H,22,26). The molecule has 6 nitrogen and oxygen atoms in total. The number of benzene rings is 2. The van der Waals surface area contributed by atoms with Crippen LogP contribution in [0.25, 0.3) is 11.4 Å². The number of nitrogens with zero attached hydrogens (tertiary/aromatic N) is 3. The van der Waals surface area contributed by atoms with Crippen LogP contribution in [0.1, 0.15) is 5.89 Å². The van der Waals surface area contributed by atoms with E-state index in [1.54, 1.807) is 11.9 Å². The van der Waals surface area contributed by atoms with Crippen LogP contribution in [0.15, 0.2) is 47.0 Å². The highest BCUT2D eigenvalue weighted by atomic mass is 19.2. The topological polar surface area (TPSA) is 71.3 Å². The predicted molar refractivity (Wildman–Crippen MR) is 91.0 cm³/mol. The highest BCUT2D eigenvalue weighted by Gasteiger charge is 2.17. The smallest absolute Gasteiger partial charge is 0.241 e. The van der Waals surface area contributed by atoms with Crippen molar-refractivity contribution in [1.82, 2.24) is 15.0 Å². The number of nitrogens with one attached hydrogen (secondary N) is 1. The van der Waals surface area contributed by atoms with Crippen molar-refractivity contribution in [3.05, 3.63) is 65.8 Å². The third kappa shape index (κ3) is 4.50. The zero-order valence-electron chi connectivity index (χ0n) is 14.2. The number of anilines is 1. The van der Waals surface area contributed by atoms with Crippen LogP contribution in [0.4, 0.5) is 18.9 Å². The number of halogens is 3. The number of hydrogen-bond acceptors (Lipinski definition) is 5. The van der Waals surface area contributed by atoms with E-state index in [9.17, 15) is 18.0 Å². The fourth-order valence-corrected chi connectivity index (χ4v) is 2.37. The fourth-order valence-electron chi connectivity index (χ4n) is 2.37. The highest BCUT2D eigenvalue weighted by molar-refractivity contribution is 5.92. The van der Waals surface area contributed by atoms with Gasteiger partial charge in [0.25, 0.3) is 0 Å². The highest BCUT2D eigenvalue weighted by Crippen LogP contribution is 2.19. The lowest BCUT2D eigenvalue weighted by Crippen LogP contribution is -2.30. The molecule has 0 atom stereocenters. The maximum Gasteiger partial charge on any atom is 0.241 e. The molecule has 0 bridgehead atoms. The molecule has 0 unspecified atom stereocenters. The van der Waals surface area contributed by atoms with Crippen molar-refractivity contribution in [3.8, 4) is 11.4 Å². The van der Waals surface area contributed by atoms with Gasteiger partial charge in [-0.05, 0) is 19.2 Å². The molecule has 0 aliphatic carbocycles. The molecule has 1 heterocycles. The van der Waals surface area contributed by atoms with Crippen LogP contribution in [0.5, 0.6) is 0 Å². The maximum absolute atomic E-state index is 13.6. The summed E-state index contributed by atoms with van der Waals surface area (Å²) in [6.07, 6.45) is 0. The molecule has 0 fully saturated rings. The van der Waals surface area contributed by atoms with Gasteiger partial charge in [-0.3, -0.25) is 9.69 Å². The van der Waals surface area contributed by atoms with Gasteiger partial charge in [0.2, 0.25) is 17.6 Å². The van der Waals surface area contributed by atoms with Gasteiger partial charge in [-0.1, -0.05) is 35.5 Å². The zero-order chi connectivity index (χ0) is 19.4. The van der Waals surface area contributed by atoms with Crippen LogP contribution < -0.4 is 5.32 Å². The number of carbonyl (C=O) groups excluding carboxylic acids is 1. The van der Waals surface area contributed by atoms with E-state index in [2.05, 4.69) is 15.5 Å². The van der Waals surface area contributed by atoms with E-state index < -0.39 is 29.0 Å². The first-order chi connectivity index (χ1) is 12.9. The van der Waals surface area contributed by atoms with Crippen molar-refractivity contribution in [2.24, 2.45) is 0 Å². The van der Waals surface area contributed by atoms with Gasteiger partial charge in [0.15, 0.2) is 17.5 Å². The van der Waals surface area contributed by atoms with Crippen molar-refractivity contribution in [1.29, 1.82) is 0 Å². The molecule has 0 radical (unpaired) electrons. The first-order valence-corrected chi connectivity index (χ1v) is 7.94. The number of carbonyl (C=O) groups is 1. The summed E-state index contributed by atoms with van der Waals surface area (Å²) in [6, 6.07) is 10.9. The molecule has 1 aromatic heterocycles. The quantitative estimate of drug-likeness (QED) is 0.669. The van der Waals surface area contributed by atoms with Crippen molar-refractivity contribution in [2.75, 3.05) is 18.9 Å². The molecule has 3 aromatic rings. The molecule has 3 rings (SSSR count). The molecule has 0 aliphatic heterocycles. The Balaban J connectivity index is 1.58. The number of aromatic nitrogens is 2. The molecule has 0 saturated carbocycles. The number of rotatable bonds is 6. The Kier molecular flexibility index (Phi) is 5.51. The van der Waals surface area contributed by atoms with E-state index in [0.29, 0.717) is 11.7 Å². The predicted octanol–water partition coefficient (Wildman–Crippen LogP) is 3.22. The molecule has 1 N–H and O–H groups in total. The van der Waals surface area contributed by atoms with E-state index in [0.717, 1.165) is 17.7 Å². The van der Waals surface area contributed by atoms with Crippen molar-refractivity contribution in [3.63, 3.8) is 0 Å². The van der Waals surface area contributed by atoms with Crippen molar-refractivity contribution < 1.29 is 22.5 Å². The summed E-state index contributed by atoms with van der Waals surface area (Å²) in [5.41, 5.74) is 0.359. The third-order valence-electron chi connectivity index (χ3n) is 3.63. The molecule has 2 aromatic carbocycles. The first kappa shape index (κ1) is 18.6. The first-order valence-electron chi connectivity index (χ1n) is 7.94. The van der Waals surface area contributed by atoms with E-state index in [1.165, 1.54) is 0 Å². The Labute approximate surface area is 152 Å². The summed E-state index contributed by atoms with van der Waals surface area (Å²) >= 11 is 0. The Hall–Kier alpha value is -3.20. The summed E-state index contributed by atoms with van der Waals surface area (Å²) < 4.78 is 44.9. The van der Waals surface area contributed by atoms with E-state index >= 15 is 0 Å². The molecule has 0 aliphatic rings. The van der Waals surface area contributed by atoms with Gasteiger partial charge in [-0.2, -0.15) is 4.98 Å².